The van der Waals surface area contributed by atoms with Gasteiger partial charge in [0.25, 0.3) is 24.7 Å². The molecule has 0 bridgehead atoms. The first-order valence-corrected chi connectivity index (χ1v) is 44.6. The fraction of sp³-hybridized carbons (Fsp3) is 0.265. The lowest BCUT2D eigenvalue weighted by molar-refractivity contribution is -0.289. The molecule has 0 heterocycles. The second-order valence-electron chi connectivity index (χ2n) is 34.6. The van der Waals surface area contributed by atoms with Crippen molar-refractivity contribution in [2.45, 2.75) is 162 Å². The summed E-state index contributed by atoms with van der Waals surface area (Å²) < 4.78 is 106. The van der Waals surface area contributed by atoms with Gasteiger partial charge in [-0.1, -0.05) is 354 Å². The molecule has 22 heteroatoms. The molecule has 8 unspecified atom stereocenters. The molecular formula is C113H117F7N2O13. The maximum atomic E-state index is 13.8. The van der Waals surface area contributed by atoms with Crippen molar-refractivity contribution in [2.24, 2.45) is 28.1 Å². The number of aryl methyl sites for hydroxylation is 5. The van der Waals surface area contributed by atoms with E-state index in [4.69, 9.17) is 24.6 Å². The minimum Gasteiger partial charge on any atom is -0.481 e. The van der Waals surface area contributed by atoms with Crippen LogP contribution in [0.5, 0.6) is 11.5 Å². The van der Waals surface area contributed by atoms with Crippen LogP contribution in [0, 0.1) is 28.1 Å². The van der Waals surface area contributed by atoms with Gasteiger partial charge in [0, 0.05) is 0 Å². The zero-order chi connectivity index (χ0) is 97.8. The number of carbonyl (C=O) groups is 5. The lowest BCUT2D eigenvalue weighted by Gasteiger charge is -2.41. The first-order chi connectivity index (χ1) is 64.4. The van der Waals surface area contributed by atoms with Gasteiger partial charge in [-0.05, 0) is 219 Å². The van der Waals surface area contributed by atoms with Gasteiger partial charge in [0.2, 0.25) is 0 Å². The molecule has 2 amide bonds. The quantitative estimate of drug-likeness (QED) is 0.00644. The summed E-state index contributed by atoms with van der Waals surface area (Å²) in [5.41, 5.74) is 5.97. The number of aliphatic carboxylic acids is 1. The number of alkyl halides is 7. The number of hydroxylamine groups is 2. The molecule has 0 aliphatic heterocycles. The third-order valence-electron chi connectivity index (χ3n) is 25.0. The smallest absolute Gasteiger partial charge is 0.417 e. The van der Waals surface area contributed by atoms with Gasteiger partial charge in [-0.2, -0.15) is 13.2 Å². The van der Waals surface area contributed by atoms with Gasteiger partial charge in [0.05, 0.1) is 34.7 Å². The molecule has 13 aromatic rings. The lowest BCUT2D eigenvalue weighted by atomic mass is 9.69. The lowest BCUT2D eigenvalue weighted by Crippen LogP contribution is -2.61. The first-order valence-electron chi connectivity index (χ1n) is 44.6. The predicted octanol–water partition coefficient (Wildman–Crippen LogP) is 25.1. The Balaban J connectivity index is 0.000000191. The monoisotopic (exact) mass is 1840 g/mol. The topological polar surface area (TPSA) is 238 Å². The average Bonchev–Trinajstić information content (AvgIpc) is 0.708. The molecule has 8 atom stereocenters. The van der Waals surface area contributed by atoms with E-state index in [-0.39, 0.29) is 55.8 Å². The van der Waals surface area contributed by atoms with Crippen LogP contribution in [-0.2, 0) is 67.5 Å². The molecule has 0 spiro atoms. The standard InChI is InChI=1S/C27H29F2NO3.C26H26F2O3.C23H22O2.C20H22F3NO3.C17H18O2/c1-26(27(2,32)24(28)29,25(31)30-33-19-21-9-5-3-6-10-21)18-17-20-13-15-23(16-14-20)22-11-7-4-8-12-22;1-25(26(2,30)23(27)28,24(29)31-22-11-7-4-8-12-22)18-17-19-13-15-21(16-14-19)20-9-5-3-6-10-20;1-18(23(24)25-22-10-6-3-7-11-22)12-13-19-14-16-21(17-15-19)20-8-4-2-5-9-20;1-18(17(25)24-27,19(2,26)20(21,22)23)13-12-14-8-10-16(11-9-14)15-6-4-3-5-7-15;1-13(17(18)19)7-8-14-9-11-16(12-10-14)15-5-3-2-4-6-15/h3-16,24,32H,17-19H2,1-2H3,(H,30,31);3-16,23,30H,17-18H2,1-2H3;2-11,14-18H,12-13H2,1H3;3-11,26-27H,12-13H2,1-2H3,(H,24,25);2-6,9-13H,7-8H2,1H3,(H,18,19). The molecular weight excluding hydrogens is 1730 g/mol. The van der Waals surface area contributed by atoms with Crippen LogP contribution >= 0.6 is 0 Å². The van der Waals surface area contributed by atoms with Gasteiger partial charge in [-0.25, -0.2) is 28.5 Å². The number of aliphatic hydroxyl groups is 3. The van der Waals surface area contributed by atoms with E-state index in [1.165, 1.54) is 52.7 Å². The van der Waals surface area contributed by atoms with Crippen molar-refractivity contribution in [1.82, 2.24) is 11.0 Å². The summed E-state index contributed by atoms with van der Waals surface area (Å²) in [5, 5.41) is 49.0. The second-order valence-corrected chi connectivity index (χ2v) is 34.6. The van der Waals surface area contributed by atoms with Crippen LogP contribution in [0.3, 0.4) is 0 Å². The van der Waals surface area contributed by atoms with Crippen molar-refractivity contribution < 1.29 is 94.7 Å². The maximum Gasteiger partial charge on any atom is 0.417 e. The third-order valence-corrected chi connectivity index (χ3v) is 25.0. The molecule has 0 fully saturated rings. The summed E-state index contributed by atoms with van der Waals surface area (Å²) in [7, 11) is 0. The van der Waals surface area contributed by atoms with Crippen LogP contribution in [0.4, 0.5) is 30.7 Å². The van der Waals surface area contributed by atoms with Crippen molar-refractivity contribution in [3.05, 3.63) is 397 Å². The number of nitrogens with one attached hydrogen (secondary N) is 2. The van der Waals surface area contributed by atoms with Gasteiger partial charge >= 0.3 is 24.1 Å². The van der Waals surface area contributed by atoms with Crippen molar-refractivity contribution >= 4 is 29.7 Å². The van der Waals surface area contributed by atoms with Crippen molar-refractivity contribution in [1.29, 1.82) is 0 Å². The Morgan fingerprint density at radius 1 is 0.319 bits per heavy atom. The Bertz CT molecular complexity index is 5760. The van der Waals surface area contributed by atoms with E-state index in [1.807, 2.05) is 244 Å². The molecule has 0 radical (unpaired) electrons. The number of carboxylic acid groups (broad SMARTS) is 1. The van der Waals surface area contributed by atoms with Crippen LogP contribution in [0.2, 0.25) is 0 Å². The fourth-order valence-electron chi connectivity index (χ4n) is 14.6. The summed E-state index contributed by atoms with van der Waals surface area (Å²) >= 11 is 0. The van der Waals surface area contributed by atoms with Gasteiger partial charge in [-0.15, -0.1) is 0 Å². The fourth-order valence-corrected chi connectivity index (χ4v) is 14.6. The molecule has 0 saturated carbocycles. The van der Waals surface area contributed by atoms with Gasteiger partial charge in [0.15, 0.2) is 5.60 Å². The average molecular weight is 1840 g/mol. The number of rotatable bonds is 35. The zero-order valence-electron chi connectivity index (χ0n) is 76.9. The van der Waals surface area contributed by atoms with E-state index in [0.717, 1.165) is 90.1 Å². The van der Waals surface area contributed by atoms with Crippen LogP contribution < -0.4 is 20.4 Å². The summed E-state index contributed by atoms with van der Waals surface area (Å²) in [6.07, 6.45) is -7.65. The van der Waals surface area contributed by atoms with Crippen molar-refractivity contribution in [3.8, 4) is 67.1 Å². The highest BCUT2D eigenvalue weighted by Crippen LogP contribution is 2.48. The Hall–Kier alpha value is -13.5. The molecule has 706 valence electrons. The number of halogens is 7. The van der Waals surface area contributed by atoms with E-state index < -0.39 is 75.8 Å². The molecule has 13 rings (SSSR count). The Morgan fingerprint density at radius 2 is 0.578 bits per heavy atom. The van der Waals surface area contributed by atoms with E-state index >= 15 is 0 Å². The van der Waals surface area contributed by atoms with E-state index in [9.17, 15) is 70.0 Å². The van der Waals surface area contributed by atoms with Crippen molar-refractivity contribution in [2.75, 3.05) is 0 Å². The minimum absolute atomic E-state index is 0.000685. The Labute approximate surface area is 785 Å². The molecule has 13 aromatic carbocycles. The van der Waals surface area contributed by atoms with Crippen LogP contribution in [-0.4, -0.2) is 91.2 Å². The second kappa shape index (κ2) is 50.0. The number of ether oxygens (including phenoxy) is 2. The van der Waals surface area contributed by atoms with Crippen LogP contribution in [0.15, 0.2) is 364 Å². The van der Waals surface area contributed by atoms with Crippen molar-refractivity contribution in [3.63, 3.8) is 0 Å². The Morgan fingerprint density at radius 3 is 0.874 bits per heavy atom. The molecule has 0 aromatic heterocycles. The number of hydrogen-bond donors (Lipinski definition) is 7. The highest BCUT2D eigenvalue weighted by Gasteiger charge is 2.64. The van der Waals surface area contributed by atoms with Gasteiger partial charge in [0.1, 0.15) is 22.7 Å². The molecule has 0 saturated heterocycles. The molecule has 7 N–H and O–H groups in total. The Kier molecular flexibility index (Phi) is 39.0. The number of benzene rings is 13. The van der Waals surface area contributed by atoms with E-state index in [2.05, 4.69) is 78.3 Å². The first kappa shape index (κ1) is 105. The molecule has 0 aliphatic rings. The summed E-state index contributed by atoms with van der Waals surface area (Å²) in [5.74, 6) is -3.42. The largest absolute Gasteiger partial charge is 0.481 e. The zero-order valence-corrected chi connectivity index (χ0v) is 76.9. The summed E-state index contributed by atoms with van der Waals surface area (Å²) in [4.78, 5) is 66.0. The number of para-hydroxylation sites is 2. The van der Waals surface area contributed by atoms with E-state index in [0.29, 0.717) is 37.5 Å². The number of carbonyl (C=O) groups excluding carboxylic acids is 4. The minimum atomic E-state index is -5.04. The van der Waals surface area contributed by atoms with Crippen LogP contribution in [0.25, 0.3) is 55.6 Å². The van der Waals surface area contributed by atoms with Gasteiger partial charge in [-0.3, -0.25) is 34.0 Å². The third kappa shape index (κ3) is 29.8. The highest BCUT2D eigenvalue weighted by molar-refractivity contribution is 5.84. The van der Waals surface area contributed by atoms with Crippen LogP contribution in [0.1, 0.15) is 121 Å². The predicted molar refractivity (Wildman–Crippen MR) is 515 cm³/mol. The normalized spacial score (nSPS) is 14.3. The maximum absolute atomic E-state index is 13.8. The molecule has 135 heavy (non-hydrogen) atoms. The number of carboxylic acids is 1. The number of hydrogen-bond acceptors (Lipinski definition) is 12. The SMILES string of the molecule is CC(CCc1ccc(-c2ccccc2)cc1)(C(=O)NO)C(C)(O)C(F)(F)F.CC(CCc1ccc(-c2ccccc2)cc1)(C(=O)NOCc1ccccc1)C(C)(O)C(F)F.CC(CCc1ccc(-c2ccccc2)cc1)(C(=O)Oc1ccccc1)C(C)(O)C(F)F.CC(CCc1ccc(-c2ccccc2)cc1)C(=O)O.CC(CCc1ccc(-c2ccccc2)cc1)C(=O)Oc1ccccc1. The summed E-state index contributed by atoms with van der Waals surface area (Å²) in [6.45, 7) is 9.95. The van der Waals surface area contributed by atoms with Gasteiger partial charge < -0.3 is 29.9 Å². The number of amides is 2. The highest BCUT2D eigenvalue weighted by atomic mass is 19.4. The van der Waals surface area contributed by atoms with E-state index in [1.54, 1.807) is 61.5 Å². The molecule has 15 nitrogen and oxygen atoms in total. The number of esters is 2. The summed E-state index contributed by atoms with van der Waals surface area (Å²) in [6, 6.07) is 116. The molecule has 0 aliphatic carbocycles.